The van der Waals surface area contributed by atoms with Crippen LogP contribution >= 0.6 is 0 Å². The number of rotatable bonds is 10. The minimum absolute atomic E-state index is 1.07. The Hall–Kier alpha value is -8.98. The summed E-state index contributed by atoms with van der Waals surface area (Å²) in [4.78, 5) is 2.40. The van der Waals surface area contributed by atoms with Gasteiger partial charge in [-0.3, -0.25) is 0 Å². The van der Waals surface area contributed by atoms with Gasteiger partial charge in [0.15, 0.2) is 0 Å². The number of aromatic nitrogens is 1. The van der Waals surface area contributed by atoms with Crippen molar-refractivity contribution in [1.82, 2.24) is 4.57 Å². The second-order valence-corrected chi connectivity index (χ2v) is 17.3. The van der Waals surface area contributed by atoms with Crippen LogP contribution in [0.1, 0.15) is 0 Å². The summed E-state index contributed by atoms with van der Waals surface area (Å²) in [5.41, 5.74) is 21.0. The summed E-state index contributed by atoms with van der Waals surface area (Å²) in [6.07, 6.45) is 0. The Balaban J connectivity index is 1.02. The molecule has 1 heterocycles. The van der Waals surface area contributed by atoms with Gasteiger partial charge < -0.3 is 9.47 Å². The summed E-state index contributed by atoms with van der Waals surface area (Å²) >= 11 is 0. The van der Waals surface area contributed by atoms with E-state index in [2.05, 4.69) is 289 Å². The Morgan fingerprint density at radius 1 is 0.235 bits per heavy atom. The molecule has 0 bridgehead atoms. The van der Waals surface area contributed by atoms with Gasteiger partial charge in [0, 0.05) is 33.5 Å². The molecule has 12 rings (SSSR count). The van der Waals surface area contributed by atoms with Crippen molar-refractivity contribution in [3.05, 3.63) is 279 Å². The third-order valence-corrected chi connectivity index (χ3v) is 13.2. The average molecular weight is 867 g/mol. The average Bonchev–Trinajstić information content (AvgIpc) is 3.76. The summed E-state index contributed by atoms with van der Waals surface area (Å²) in [6.45, 7) is 0. The van der Waals surface area contributed by atoms with Gasteiger partial charge in [-0.2, -0.15) is 0 Å². The SMILES string of the molecule is c1ccc(-c2ccc(N(c3cccc(-c4ccc5c(c4)c4ccccc4n5-c4ccccc4)c3)c3cccc(-c4cccc(-c5ccccc5)c4-c4ccccc4-c4ccccc4)c3)cc2)cc1. The van der Waals surface area contributed by atoms with Crippen LogP contribution in [0, 0.1) is 0 Å². The van der Waals surface area contributed by atoms with Crippen LogP contribution in [-0.4, -0.2) is 4.57 Å². The highest BCUT2D eigenvalue weighted by atomic mass is 15.1. The van der Waals surface area contributed by atoms with E-state index in [4.69, 9.17) is 0 Å². The molecule has 1 aromatic heterocycles. The predicted octanol–water partition coefficient (Wildman–Crippen LogP) is 18.3. The Morgan fingerprint density at radius 2 is 0.676 bits per heavy atom. The number of fused-ring (bicyclic) bond motifs is 3. The summed E-state index contributed by atoms with van der Waals surface area (Å²) in [7, 11) is 0. The molecule has 2 nitrogen and oxygen atoms in total. The van der Waals surface area contributed by atoms with Crippen molar-refractivity contribution in [3.8, 4) is 72.4 Å². The number of anilines is 3. The Kier molecular flexibility index (Phi) is 10.6. The lowest BCUT2D eigenvalue weighted by Gasteiger charge is -2.27. The molecule has 0 aliphatic carbocycles. The zero-order valence-corrected chi connectivity index (χ0v) is 37.5. The first-order valence-corrected chi connectivity index (χ1v) is 23.3. The number of benzene rings is 11. The van der Waals surface area contributed by atoms with Crippen molar-refractivity contribution in [3.63, 3.8) is 0 Å². The molecule has 68 heavy (non-hydrogen) atoms. The minimum Gasteiger partial charge on any atom is -0.310 e. The number of hydrogen-bond donors (Lipinski definition) is 0. The van der Waals surface area contributed by atoms with E-state index in [1.165, 1.54) is 77.4 Å². The lowest BCUT2D eigenvalue weighted by molar-refractivity contribution is 1.18. The summed E-state index contributed by atoms with van der Waals surface area (Å²) in [5, 5.41) is 2.47. The lowest BCUT2D eigenvalue weighted by atomic mass is 9.84. The Morgan fingerprint density at radius 3 is 1.37 bits per heavy atom. The van der Waals surface area contributed by atoms with Crippen LogP contribution in [0.25, 0.3) is 94.3 Å². The molecule has 0 radical (unpaired) electrons. The maximum absolute atomic E-state index is 2.40. The van der Waals surface area contributed by atoms with E-state index in [0.717, 1.165) is 33.9 Å². The summed E-state index contributed by atoms with van der Waals surface area (Å²) in [6, 6.07) is 101. The molecule has 0 fully saturated rings. The van der Waals surface area contributed by atoms with Crippen molar-refractivity contribution in [2.45, 2.75) is 0 Å². The lowest BCUT2D eigenvalue weighted by Crippen LogP contribution is -2.10. The molecule has 0 aliphatic heterocycles. The van der Waals surface area contributed by atoms with Crippen LogP contribution in [0.3, 0.4) is 0 Å². The zero-order chi connectivity index (χ0) is 45.2. The van der Waals surface area contributed by atoms with Crippen LogP contribution < -0.4 is 4.90 Å². The van der Waals surface area contributed by atoms with Crippen LogP contribution in [-0.2, 0) is 0 Å². The molecule has 2 heteroatoms. The maximum atomic E-state index is 2.40. The molecule has 0 spiro atoms. The van der Waals surface area contributed by atoms with Gasteiger partial charge in [-0.1, -0.05) is 212 Å². The van der Waals surface area contributed by atoms with Crippen LogP contribution in [0.5, 0.6) is 0 Å². The van der Waals surface area contributed by atoms with E-state index in [1.54, 1.807) is 0 Å². The van der Waals surface area contributed by atoms with E-state index in [1.807, 2.05) is 0 Å². The van der Waals surface area contributed by atoms with Gasteiger partial charge in [0.05, 0.1) is 11.0 Å². The Labute approximate surface area is 397 Å². The van der Waals surface area contributed by atoms with Gasteiger partial charge in [-0.05, 0) is 133 Å². The highest BCUT2D eigenvalue weighted by molar-refractivity contribution is 6.10. The van der Waals surface area contributed by atoms with E-state index in [-0.39, 0.29) is 0 Å². The molecule has 0 unspecified atom stereocenters. The number of nitrogens with zero attached hydrogens (tertiary/aromatic N) is 2. The van der Waals surface area contributed by atoms with E-state index >= 15 is 0 Å². The van der Waals surface area contributed by atoms with Gasteiger partial charge in [-0.15, -0.1) is 0 Å². The van der Waals surface area contributed by atoms with E-state index in [9.17, 15) is 0 Å². The highest BCUT2D eigenvalue weighted by Crippen LogP contribution is 2.46. The molecule has 0 N–H and O–H groups in total. The van der Waals surface area contributed by atoms with Crippen molar-refractivity contribution in [2.75, 3.05) is 4.90 Å². The fraction of sp³-hybridized carbons (Fsp3) is 0. The second kappa shape index (κ2) is 17.8. The van der Waals surface area contributed by atoms with Crippen LogP contribution in [0.4, 0.5) is 17.1 Å². The molecule has 320 valence electrons. The molecular weight excluding hydrogens is 821 g/mol. The van der Waals surface area contributed by atoms with E-state index in [0.29, 0.717) is 0 Å². The van der Waals surface area contributed by atoms with E-state index < -0.39 is 0 Å². The molecule has 12 aromatic rings. The predicted molar refractivity (Wildman–Crippen MR) is 288 cm³/mol. The minimum atomic E-state index is 1.07. The van der Waals surface area contributed by atoms with Crippen LogP contribution in [0.15, 0.2) is 279 Å². The molecule has 0 atom stereocenters. The topological polar surface area (TPSA) is 8.17 Å². The molecule has 0 amide bonds. The van der Waals surface area contributed by atoms with Gasteiger partial charge in [0.1, 0.15) is 0 Å². The largest absolute Gasteiger partial charge is 0.310 e. The van der Waals surface area contributed by atoms with Crippen molar-refractivity contribution >= 4 is 38.9 Å². The first-order chi connectivity index (χ1) is 33.7. The van der Waals surface area contributed by atoms with Crippen molar-refractivity contribution in [1.29, 1.82) is 0 Å². The first-order valence-electron chi connectivity index (χ1n) is 23.3. The molecule has 0 aliphatic rings. The van der Waals surface area contributed by atoms with Crippen LogP contribution in [0.2, 0.25) is 0 Å². The third kappa shape index (κ3) is 7.54. The molecule has 11 aromatic carbocycles. The maximum Gasteiger partial charge on any atom is 0.0541 e. The molecule has 0 saturated carbocycles. The molecule has 0 saturated heterocycles. The monoisotopic (exact) mass is 866 g/mol. The summed E-state index contributed by atoms with van der Waals surface area (Å²) in [5.74, 6) is 0. The normalized spacial score (nSPS) is 11.2. The fourth-order valence-corrected chi connectivity index (χ4v) is 10.0. The highest BCUT2D eigenvalue weighted by Gasteiger charge is 2.21. The van der Waals surface area contributed by atoms with Gasteiger partial charge in [0.2, 0.25) is 0 Å². The smallest absolute Gasteiger partial charge is 0.0541 e. The Bertz CT molecular complexity index is 3710. The van der Waals surface area contributed by atoms with Crippen molar-refractivity contribution < 1.29 is 0 Å². The third-order valence-electron chi connectivity index (χ3n) is 13.2. The fourth-order valence-electron chi connectivity index (χ4n) is 10.0. The van der Waals surface area contributed by atoms with Gasteiger partial charge in [0.25, 0.3) is 0 Å². The quantitative estimate of drug-likeness (QED) is 0.133. The van der Waals surface area contributed by atoms with Gasteiger partial charge >= 0.3 is 0 Å². The zero-order valence-electron chi connectivity index (χ0n) is 37.5. The van der Waals surface area contributed by atoms with Gasteiger partial charge in [-0.25, -0.2) is 0 Å². The summed E-state index contributed by atoms with van der Waals surface area (Å²) < 4.78 is 2.37. The van der Waals surface area contributed by atoms with Crippen molar-refractivity contribution in [2.24, 2.45) is 0 Å². The number of para-hydroxylation sites is 2. The number of hydrogen-bond acceptors (Lipinski definition) is 1. The molecular formula is C66H46N2. The first kappa shape index (κ1) is 40.5. The standard InChI is InChI=1S/C66H46N2/c1-5-20-47(21-6-1)48-38-41-55(42-39-48)67(56-30-17-26-51(44-56)52-40-43-65-63(46-52)61-33-15-16-37-64(61)68(65)54-28-11-4-12-29-54)57-31-18-27-53(45-57)60-36-19-35-59(50-24-9-3-10-25-50)66(60)62-34-14-13-32-58(62)49-22-7-2-8-23-49/h1-46H. The second-order valence-electron chi connectivity index (χ2n) is 17.3.